The fraction of sp³-hybridized carbons (Fsp3) is 0.238. The molecule has 0 aliphatic carbocycles. The van der Waals surface area contributed by atoms with Crippen molar-refractivity contribution in [3.63, 3.8) is 0 Å². The van der Waals surface area contributed by atoms with Crippen molar-refractivity contribution in [3.8, 4) is 0 Å². The van der Waals surface area contributed by atoms with E-state index in [4.69, 9.17) is 0 Å². The topological polar surface area (TPSA) is 32.3 Å². The third kappa shape index (κ3) is 2.44. The van der Waals surface area contributed by atoms with Crippen LogP contribution in [0.3, 0.4) is 0 Å². The highest BCUT2D eigenvalue weighted by Gasteiger charge is 2.10. The average molecular weight is 303 g/mol. The first-order chi connectivity index (χ1) is 11.3. The molecule has 0 aliphatic heterocycles. The quantitative estimate of drug-likeness (QED) is 0.534. The lowest BCUT2D eigenvalue weighted by molar-refractivity contribution is 0.167. The highest BCUT2D eigenvalue weighted by atomic mass is 16.3. The molecule has 23 heavy (non-hydrogen) atoms. The number of nitrogens with one attached hydrogen (secondary N) is 1. The number of hydrogen-bond donors (Lipinski definition) is 2. The lowest BCUT2D eigenvalue weighted by Crippen LogP contribution is -2.25. The Labute approximate surface area is 136 Å². The number of aliphatic hydroxyl groups is 1. The summed E-state index contributed by atoms with van der Waals surface area (Å²) in [5.41, 5.74) is 1.29. The molecule has 2 heteroatoms. The van der Waals surface area contributed by atoms with E-state index in [1.165, 1.54) is 37.9 Å². The van der Waals surface area contributed by atoms with Crippen LogP contribution in [0.2, 0.25) is 0 Å². The number of rotatable bonds is 5. The second kappa shape index (κ2) is 5.80. The Morgan fingerprint density at radius 3 is 2.26 bits per heavy atom. The third-order valence-corrected chi connectivity index (χ3v) is 4.79. The number of aliphatic hydroxyl groups excluding tert-OH is 1. The number of benzene rings is 4. The molecule has 2 nitrogen and oxygen atoms in total. The maximum Gasteiger partial charge on any atom is 0.0662 e. The van der Waals surface area contributed by atoms with Crippen LogP contribution in [0.5, 0.6) is 0 Å². The fourth-order valence-electron chi connectivity index (χ4n) is 3.47. The minimum atomic E-state index is -0.269. The van der Waals surface area contributed by atoms with E-state index >= 15 is 0 Å². The Kier molecular flexibility index (Phi) is 3.64. The lowest BCUT2D eigenvalue weighted by Gasteiger charge is -2.15. The molecular weight excluding hydrogens is 282 g/mol. The van der Waals surface area contributed by atoms with Gasteiger partial charge < -0.3 is 10.4 Å². The normalized spacial score (nSPS) is 13.3. The molecule has 4 aromatic rings. The van der Waals surface area contributed by atoms with Gasteiger partial charge in [0.1, 0.15) is 0 Å². The van der Waals surface area contributed by atoms with Crippen molar-refractivity contribution < 1.29 is 5.11 Å². The first kappa shape index (κ1) is 14.4. The maximum atomic E-state index is 9.71. The Morgan fingerprint density at radius 2 is 1.52 bits per heavy atom. The van der Waals surface area contributed by atoms with Gasteiger partial charge in [-0.15, -0.1) is 0 Å². The van der Waals surface area contributed by atoms with Crippen molar-refractivity contribution in [2.75, 3.05) is 6.54 Å². The molecule has 1 unspecified atom stereocenters. The largest absolute Gasteiger partial charge is 0.392 e. The lowest BCUT2D eigenvalue weighted by atomic mass is 9.92. The first-order valence-corrected chi connectivity index (χ1v) is 8.32. The zero-order valence-electron chi connectivity index (χ0n) is 13.3. The molecule has 0 spiro atoms. The van der Waals surface area contributed by atoms with Gasteiger partial charge in [-0.3, -0.25) is 0 Å². The summed E-state index contributed by atoms with van der Waals surface area (Å²) in [5.74, 6) is 0. The Morgan fingerprint density at radius 1 is 0.870 bits per heavy atom. The second-order valence-electron chi connectivity index (χ2n) is 6.27. The molecule has 0 aliphatic rings. The van der Waals surface area contributed by atoms with Crippen LogP contribution in [0, 0.1) is 0 Å². The van der Waals surface area contributed by atoms with E-state index in [1.54, 1.807) is 0 Å². The minimum Gasteiger partial charge on any atom is -0.392 e. The summed E-state index contributed by atoms with van der Waals surface area (Å²) in [6.45, 7) is 3.42. The van der Waals surface area contributed by atoms with Crippen LogP contribution >= 0.6 is 0 Å². The van der Waals surface area contributed by atoms with Gasteiger partial charge in [-0.2, -0.15) is 0 Å². The zero-order valence-corrected chi connectivity index (χ0v) is 13.3. The van der Waals surface area contributed by atoms with Crippen LogP contribution in [0.25, 0.3) is 32.3 Å². The van der Waals surface area contributed by atoms with Crippen LogP contribution in [0.1, 0.15) is 18.9 Å². The molecule has 0 saturated carbocycles. The van der Waals surface area contributed by atoms with Gasteiger partial charge in [0.25, 0.3) is 0 Å². The average Bonchev–Trinajstić information content (AvgIpc) is 2.60. The molecule has 0 amide bonds. The van der Waals surface area contributed by atoms with Crippen LogP contribution in [-0.2, 0) is 6.54 Å². The Bertz CT molecular complexity index is 944. The summed E-state index contributed by atoms with van der Waals surface area (Å²) in [4.78, 5) is 0. The standard InChI is InChI=1S/C21H21NO/c1-2-18(23)13-22-12-17-9-8-16-7-6-14-4-3-5-15-10-11-19(17)21(16)20(14)15/h3-11,18,22-23H,2,12-13H2,1H3. The Hall–Kier alpha value is -2.16. The SMILES string of the molecule is CCC(O)CNCc1ccc2ccc3cccc4ccc1c2c34. The van der Waals surface area contributed by atoms with Gasteiger partial charge >= 0.3 is 0 Å². The van der Waals surface area contributed by atoms with E-state index in [2.05, 4.69) is 59.9 Å². The predicted molar refractivity (Wildman–Crippen MR) is 98.2 cm³/mol. The monoisotopic (exact) mass is 303 g/mol. The smallest absolute Gasteiger partial charge is 0.0662 e. The van der Waals surface area contributed by atoms with E-state index in [1.807, 2.05) is 6.92 Å². The van der Waals surface area contributed by atoms with Crippen LogP contribution in [0.15, 0.2) is 54.6 Å². The van der Waals surface area contributed by atoms with E-state index in [0.29, 0.717) is 6.54 Å². The van der Waals surface area contributed by atoms with Crippen LogP contribution < -0.4 is 5.32 Å². The van der Waals surface area contributed by atoms with Crippen molar-refractivity contribution in [1.82, 2.24) is 5.32 Å². The molecule has 0 fully saturated rings. The van der Waals surface area contributed by atoms with Gasteiger partial charge in [0, 0.05) is 13.1 Å². The van der Waals surface area contributed by atoms with Crippen molar-refractivity contribution in [1.29, 1.82) is 0 Å². The second-order valence-corrected chi connectivity index (χ2v) is 6.27. The Balaban J connectivity index is 1.83. The predicted octanol–water partition coefficient (Wildman–Crippen LogP) is 4.44. The van der Waals surface area contributed by atoms with Crippen molar-refractivity contribution in [2.45, 2.75) is 26.0 Å². The fourth-order valence-corrected chi connectivity index (χ4v) is 3.47. The van der Waals surface area contributed by atoms with Gasteiger partial charge in [0.05, 0.1) is 6.10 Å². The number of hydrogen-bond acceptors (Lipinski definition) is 2. The summed E-state index contributed by atoms with van der Waals surface area (Å²) >= 11 is 0. The van der Waals surface area contributed by atoms with E-state index < -0.39 is 0 Å². The van der Waals surface area contributed by atoms with Crippen molar-refractivity contribution in [2.24, 2.45) is 0 Å². The summed E-state index contributed by atoms with van der Waals surface area (Å²) in [6, 6.07) is 19.8. The van der Waals surface area contributed by atoms with Gasteiger partial charge in [0.2, 0.25) is 0 Å². The molecule has 2 N–H and O–H groups in total. The molecule has 0 bridgehead atoms. The molecular formula is C21H21NO. The maximum absolute atomic E-state index is 9.71. The van der Waals surface area contributed by atoms with Crippen LogP contribution in [-0.4, -0.2) is 17.8 Å². The molecule has 0 aromatic heterocycles. The van der Waals surface area contributed by atoms with Gasteiger partial charge in [-0.25, -0.2) is 0 Å². The van der Waals surface area contributed by atoms with Gasteiger partial charge in [-0.1, -0.05) is 61.5 Å². The molecule has 0 heterocycles. The van der Waals surface area contributed by atoms with Gasteiger partial charge in [0.15, 0.2) is 0 Å². The summed E-state index contributed by atoms with van der Waals surface area (Å²) in [5, 5.41) is 21.0. The van der Waals surface area contributed by atoms with Crippen molar-refractivity contribution >= 4 is 32.3 Å². The first-order valence-electron chi connectivity index (χ1n) is 8.32. The molecule has 1 atom stereocenters. The van der Waals surface area contributed by atoms with E-state index in [9.17, 15) is 5.11 Å². The minimum absolute atomic E-state index is 0.269. The van der Waals surface area contributed by atoms with Crippen LogP contribution in [0.4, 0.5) is 0 Å². The summed E-state index contributed by atoms with van der Waals surface area (Å²) in [6.07, 6.45) is 0.514. The molecule has 4 aromatic carbocycles. The highest BCUT2D eigenvalue weighted by molar-refractivity contribution is 6.23. The van der Waals surface area contributed by atoms with E-state index in [0.717, 1.165) is 13.0 Å². The third-order valence-electron chi connectivity index (χ3n) is 4.79. The molecule has 0 saturated heterocycles. The van der Waals surface area contributed by atoms with Crippen molar-refractivity contribution in [3.05, 3.63) is 60.2 Å². The molecule has 0 radical (unpaired) electrons. The van der Waals surface area contributed by atoms with E-state index in [-0.39, 0.29) is 6.10 Å². The molecule has 116 valence electrons. The summed E-state index contributed by atoms with van der Waals surface area (Å²) in [7, 11) is 0. The molecule has 4 rings (SSSR count). The summed E-state index contributed by atoms with van der Waals surface area (Å²) < 4.78 is 0. The van der Waals surface area contributed by atoms with Gasteiger partial charge in [-0.05, 0) is 44.3 Å². The highest BCUT2D eigenvalue weighted by Crippen LogP contribution is 2.35. The zero-order chi connectivity index (χ0) is 15.8.